The van der Waals surface area contributed by atoms with E-state index >= 15 is 0 Å². The van der Waals surface area contributed by atoms with Crippen molar-refractivity contribution in [2.24, 2.45) is 0 Å². The van der Waals surface area contributed by atoms with Gasteiger partial charge in [0.05, 0.1) is 29.4 Å². The van der Waals surface area contributed by atoms with Crippen LogP contribution in [0.15, 0.2) is 36.8 Å². The number of benzene rings is 1. The predicted octanol–water partition coefficient (Wildman–Crippen LogP) is 2.28. The zero-order valence-electron chi connectivity index (χ0n) is 16.4. The predicted molar refractivity (Wildman–Crippen MR) is 106 cm³/mol. The number of aryl methyl sites for hydroxylation is 1. The lowest BCUT2D eigenvalue weighted by atomic mass is 10.0. The first-order valence-electron chi connectivity index (χ1n) is 9.64. The van der Waals surface area contributed by atoms with Crippen LogP contribution in [0.4, 0.5) is 0 Å². The fraction of sp³-hybridized carbons (Fsp3) is 0.381. The van der Waals surface area contributed by atoms with E-state index in [9.17, 15) is 4.79 Å². The van der Waals surface area contributed by atoms with Gasteiger partial charge >= 0.3 is 0 Å². The minimum absolute atomic E-state index is 0.115. The Bertz CT molecular complexity index is 1060. The molecule has 1 saturated heterocycles. The second-order valence-corrected chi connectivity index (χ2v) is 7.28. The van der Waals surface area contributed by atoms with Gasteiger partial charge in [0.2, 0.25) is 5.91 Å². The van der Waals surface area contributed by atoms with Gasteiger partial charge in [0.15, 0.2) is 0 Å². The van der Waals surface area contributed by atoms with Gasteiger partial charge in [-0.2, -0.15) is 10.4 Å². The molecular formula is C21H22N6O2. The number of hydrogen-bond acceptors (Lipinski definition) is 6. The van der Waals surface area contributed by atoms with Gasteiger partial charge in [0.25, 0.3) is 0 Å². The van der Waals surface area contributed by atoms with E-state index in [1.807, 2.05) is 24.6 Å². The van der Waals surface area contributed by atoms with Gasteiger partial charge in [-0.25, -0.2) is 9.97 Å². The van der Waals surface area contributed by atoms with E-state index < -0.39 is 6.10 Å². The van der Waals surface area contributed by atoms with Crippen molar-refractivity contribution in [1.29, 1.82) is 5.26 Å². The van der Waals surface area contributed by atoms with Gasteiger partial charge < -0.3 is 10.1 Å². The van der Waals surface area contributed by atoms with Crippen LogP contribution in [-0.2, 0) is 9.53 Å². The first-order chi connectivity index (χ1) is 14.1. The minimum Gasteiger partial charge on any atom is -0.368 e. The molecule has 1 N–H and O–H groups in total. The molecule has 2 aromatic heterocycles. The van der Waals surface area contributed by atoms with Crippen LogP contribution in [0.1, 0.15) is 42.8 Å². The molecule has 8 nitrogen and oxygen atoms in total. The Morgan fingerprint density at radius 2 is 2.14 bits per heavy atom. The fourth-order valence-corrected chi connectivity index (χ4v) is 3.72. The molecule has 4 rings (SSSR count). The Hall–Kier alpha value is -3.31. The summed E-state index contributed by atoms with van der Waals surface area (Å²) in [6, 6.07) is 6.99. The number of ether oxygens (including phenoxy) is 1. The number of nitrogens with one attached hydrogen (secondary N) is 1. The highest BCUT2D eigenvalue weighted by atomic mass is 16.5. The maximum Gasteiger partial charge on any atom is 0.249 e. The maximum atomic E-state index is 12.6. The molecule has 148 valence electrons. The van der Waals surface area contributed by atoms with Crippen molar-refractivity contribution in [2.45, 2.75) is 44.9 Å². The number of rotatable bonds is 5. The zero-order chi connectivity index (χ0) is 20.4. The molecule has 1 fully saturated rings. The third-order valence-electron chi connectivity index (χ3n) is 5.20. The van der Waals surface area contributed by atoms with Crippen LogP contribution < -0.4 is 5.32 Å². The van der Waals surface area contributed by atoms with E-state index in [4.69, 9.17) is 10.00 Å². The lowest BCUT2D eigenvalue weighted by Gasteiger charge is -2.27. The van der Waals surface area contributed by atoms with Crippen molar-refractivity contribution >= 4 is 16.8 Å². The Labute approximate surface area is 168 Å². The molecular weight excluding hydrogens is 368 g/mol. The second kappa shape index (κ2) is 7.97. The van der Waals surface area contributed by atoms with Gasteiger partial charge in [-0.3, -0.25) is 9.48 Å². The standard InChI is InChI=1S/C21H22N6O2/c1-13(26-21(28)19-4-3-7-29-19)20(17-10-23-14(2)24-11-17)27-18-6-5-15(9-22)8-16(18)12-25-27/h5-6,8,10-13,19-20H,3-4,7H2,1-2H3,(H,26,28)/t13-,19-,20+/m0/s1. The molecule has 0 bridgehead atoms. The first kappa shape index (κ1) is 19.0. The Balaban J connectivity index is 1.71. The van der Waals surface area contributed by atoms with Crippen molar-refractivity contribution in [3.8, 4) is 6.07 Å². The maximum absolute atomic E-state index is 12.6. The van der Waals surface area contributed by atoms with Crippen LogP contribution in [0.25, 0.3) is 10.9 Å². The summed E-state index contributed by atoms with van der Waals surface area (Å²) in [5.74, 6) is 0.559. The van der Waals surface area contributed by atoms with Crippen LogP contribution in [0.2, 0.25) is 0 Å². The number of carbonyl (C=O) groups is 1. The molecule has 29 heavy (non-hydrogen) atoms. The number of fused-ring (bicyclic) bond motifs is 1. The topological polar surface area (TPSA) is 106 Å². The average Bonchev–Trinajstić information content (AvgIpc) is 3.40. The van der Waals surface area contributed by atoms with E-state index in [1.165, 1.54) is 0 Å². The Morgan fingerprint density at radius 1 is 1.34 bits per heavy atom. The van der Waals surface area contributed by atoms with E-state index in [0.29, 0.717) is 18.0 Å². The van der Waals surface area contributed by atoms with Crippen molar-refractivity contribution in [2.75, 3.05) is 6.61 Å². The minimum atomic E-state index is -0.403. The highest BCUT2D eigenvalue weighted by Gasteiger charge is 2.30. The van der Waals surface area contributed by atoms with Gasteiger partial charge in [-0.1, -0.05) is 0 Å². The Kier molecular flexibility index (Phi) is 5.23. The normalized spacial score (nSPS) is 18.3. The van der Waals surface area contributed by atoms with E-state index in [2.05, 4.69) is 26.5 Å². The number of nitrogens with zero attached hydrogens (tertiary/aromatic N) is 5. The van der Waals surface area contributed by atoms with Gasteiger partial charge in [-0.05, 0) is 44.9 Å². The molecule has 3 atom stereocenters. The molecule has 0 unspecified atom stereocenters. The molecule has 3 aromatic rings. The van der Waals surface area contributed by atoms with Gasteiger partial charge in [0.1, 0.15) is 18.0 Å². The highest BCUT2D eigenvalue weighted by Crippen LogP contribution is 2.27. The lowest BCUT2D eigenvalue weighted by Crippen LogP contribution is -2.44. The van der Waals surface area contributed by atoms with Crippen molar-refractivity contribution in [3.05, 3.63) is 53.7 Å². The molecule has 0 spiro atoms. The molecule has 1 aliphatic rings. The van der Waals surface area contributed by atoms with Gasteiger partial charge in [0, 0.05) is 30.0 Å². The number of aromatic nitrogens is 4. The molecule has 3 heterocycles. The monoisotopic (exact) mass is 390 g/mol. The SMILES string of the molecule is Cc1ncc([C@@H]([C@H](C)NC(=O)[C@@H]2CCCO2)n2ncc3cc(C#N)ccc32)cn1. The third kappa shape index (κ3) is 3.82. The summed E-state index contributed by atoms with van der Waals surface area (Å²) >= 11 is 0. The molecule has 0 radical (unpaired) electrons. The summed E-state index contributed by atoms with van der Waals surface area (Å²) in [6.07, 6.45) is 6.48. The highest BCUT2D eigenvalue weighted by molar-refractivity contribution is 5.82. The summed E-state index contributed by atoms with van der Waals surface area (Å²) in [5, 5.41) is 17.7. The van der Waals surface area contributed by atoms with Crippen LogP contribution >= 0.6 is 0 Å². The van der Waals surface area contributed by atoms with Crippen LogP contribution in [0, 0.1) is 18.3 Å². The molecule has 1 aliphatic heterocycles. The van der Waals surface area contributed by atoms with Crippen LogP contribution in [0.3, 0.4) is 0 Å². The first-order valence-corrected chi connectivity index (χ1v) is 9.64. The van der Waals surface area contributed by atoms with Crippen LogP contribution in [0.5, 0.6) is 0 Å². The Morgan fingerprint density at radius 3 is 2.83 bits per heavy atom. The third-order valence-corrected chi connectivity index (χ3v) is 5.20. The van der Waals surface area contributed by atoms with Crippen LogP contribution in [-0.4, -0.2) is 44.4 Å². The molecule has 1 aromatic carbocycles. The van der Waals surface area contributed by atoms with E-state index in [1.54, 1.807) is 30.7 Å². The molecule has 8 heteroatoms. The molecule has 0 saturated carbocycles. The summed E-state index contributed by atoms with van der Waals surface area (Å²) in [7, 11) is 0. The number of carbonyl (C=O) groups excluding carboxylic acids is 1. The molecule has 1 amide bonds. The largest absolute Gasteiger partial charge is 0.368 e. The fourth-order valence-electron chi connectivity index (χ4n) is 3.72. The smallest absolute Gasteiger partial charge is 0.249 e. The van der Waals surface area contributed by atoms with Crippen molar-refractivity contribution < 1.29 is 9.53 Å². The summed E-state index contributed by atoms with van der Waals surface area (Å²) in [6.45, 7) is 4.38. The van der Waals surface area contributed by atoms with Crippen molar-refractivity contribution in [3.63, 3.8) is 0 Å². The summed E-state index contributed by atoms with van der Waals surface area (Å²) in [5.41, 5.74) is 2.28. The van der Waals surface area contributed by atoms with Crippen molar-refractivity contribution in [1.82, 2.24) is 25.1 Å². The molecule has 0 aliphatic carbocycles. The average molecular weight is 390 g/mol. The number of nitriles is 1. The second-order valence-electron chi connectivity index (χ2n) is 7.28. The summed E-state index contributed by atoms with van der Waals surface area (Å²) in [4.78, 5) is 21.3. The zero-order valence-corrected chi connectivity index (χ0v) is 16.4. The van der Waals surface area contributed by atoms with E-state index in [-0.39, 0.29) is 18.0 Å². The van der Waals surface area contributed by atoms with Gasteiger partial charge in [-0.15, -0.1) is 0 Å². The number of hydrogen-bond donors (Lipinski definition) is 1. The summed E-state index contributed by atoms with van der Waals surface area (Å²) < 4.78 is 7.37. The quantitative estimate of drug-likeness (QED) is 0.716. The lowest BCUT2D eigenvalue weighted by molar-refractivity contribution is -0.130. The van der Waals surface area contributed by atoms with E-state index in [0.717, 1.165) is 29.3 Å². The number of amides is 1.